The van der Waals surface area contributed by atoms with Crippen LogP contribution in [0.25, 0.3) is 0 Å². The van der Waals surface area contributed by atoms with E-state index in [0.717, 1.165) is 70.6 Å². The van der Waals surface area contributed by atoms with Crippen LogP contribution in [0.4, 0.5) is 0 Å². The topological polar surface area (TPSA) is 131 Å². The average Bonchev–Trinajstić information content (AvgIpc) is 3.05. The van der Waals surface area contributed by atoms with Crippen LogP contribution in [0.5, 0.6) is 0 Å². The van der Waals surface area contributed by atoms with Gasteiger partial charge in [-0.15, -0.1) is 0 Å². The van der Waals surface area contributed by atoms with Crippen molar-refractivity contribution in [1.82, 2.24) is 5.32 Å². The Morgan fingerprint density at radius 1 is 0.681 bits per heavy atom. The molecule has 0 saturated carbocycles. The van der Waals surface area contributed by atoms with Gasteiger partial charge in [-0.05, 0) is 70.6 Å². The summed E-state index contributed by atoms with van der Waals surface area (Å²) in [6.45, 7) is 3.35. The second-order valence-electron chi connectivity index (χ2n) is 11.8. The van der Waals surface area contributed by atoms with Crippen molar-refractivity contribution in [2.45, 2.75) is 148 Å². The van der Waals surface area contributed by atoms with Crippen LogP contribution < -0.4 is 5.32 Å². The summed E-state index contributed by atoms with van der Waals surface area (Å²) in [4.78, 5) is 33.7. The molecule has 0 aliphatic carbocycles. The molecule has 0 saturated heterocycles. The van der Waals surface area contributed by atoms with E-state index in [0.29, 0.717) is 12.8 Å². The third-order valence-corrected chi connectivity index (χ3v) is 8.23. The lowest BCUT2D eigenvalue weighted by Gasteiger charge is -2.15. The van der Waals surface area contributed by atoms with Crippen LogP contribution >= 0.6 is 7.82 Å². The standard InChI is InChI=1S/C37H66NO8P/c1-3-5-7-9-11-13-15-17-19-21-23-25-27-29-36(40)38-31-32-45-47(42,43)46-34-35(39)33-44-37(41)30-28-26-24-22-20-18-16-14-12-10-8-6-4-2/h6,8,12-15,18,20,35,39H,3-5,7,9-11,16-17,19,21-34H2,1-2H3,(H,38,40)(H,42,43)/b8-6-,14-12-,15-13-,20-18-. The number of unbranched alkanes of at least 4 members (excludes halogenated alkanes) is 12. The Kier molecular flexibility index (Phi) is 32.4. The van der Waals surface area contributed by atoms with Gasteiger partial charge in [0.2, 0.25) is 5.91 Å². The van der Waals surface area contributed by atoms with Crippen LogP contribution in [0.2, 0.25) is 0 Å². The first-order valence-electron chi connectivity index (χ1n) is 18.1. The second-order valence-corrected chi connectivity index (χ2v) is 13.3. The van der Waals surface area contributed by atoms with E-state index in [1.54, 1.807) is 0 Å². The zero-order valence-corrected chi connectivity index (χ0v) is 30.4. The number of hydrogen-bond donors (Lipinski definition) is 3. The number of carbonyl (C=O) groups excluding carboxylic acids is 2. The van der Waals surface area contributed by atoms with Gasteiger partial charge in [0.15, 0.2) is 0 Å². The molecular formula is C37H66NO8P. The van der Waals surface area contributed by atoms with Crippen molar-refractivity contribution in [2.24, 2.45) is 0 Å². The van der Waals surface area contributed by atoms with Gasteiger partial charge in [0.25, 0.3) is 0 Å². The largest absolute Gasteiger partial charge is 0.472 e. The van der Waals surface area contributed by atoms with E-state index >= 15 is 0 Å². The second kappa shape index (κ2) is 33.9. The fourth-order valence-electron chi connectivity index (χ4n) is 4.50. The number of ether oxygens (including phenoxy) is 1. The molecule has 0 radical (unpaired) electrons. The Balaban J connectivity index is 3.70. The molecule has 0 bridgehead atoms. The zero-order valence-electron chi connectivity index (χ0n) is 29.5. The summed E-state index contributed by atoms with van der Waals surface area (Å²) in [6, 6.07) is 0. The van der Waals surface area contributed by atoms with Gasteiger partial charge in [-0.3, -0.25) is 18.6 Å². The van der Waals surface area contributed by atoms with Gasteiger partial charge in [-0.25, -0.2) is 4.57 Å². The first-order chi connectivity index (χ1) is 22.8. The number of aliphatic hydroxyl groups is 1. The van der Waals surface area contributed by atoms with Crippen LogP contribution in [0, 0.1) is 0 Å². The number of phosphoric acid groups is 1. The molecule has 0 aliphatic rings. The molecule has 0 heterocycles. The quantitative estimate of drug-likeness (QED) is 0.0270. The van der Waals surface area contributed by atoms with Gasteiger partial charge in [-0.1, -0.05) is 107 Å². The third kappa shape index (κ3) is 35.1. The lowest BCUT2D eigenvalue weighted by molar-refractivity contribution is -0.147. The summed E-state index contributed by atoms with van der Waals surface area (Å²) in [7, 11) is -4.42. The molecule has 0 spiro atoms. The van der Waals surface area contributed by atoms with E-state index < -0.39 is 26.5 Å². The van der Waals surface area contributed by atoms with Gasteiger partial charge in [-0.2, -0.15) is 0 Å². The normalized spacial score (nSPS) is 14.0. The molecule has 9 nitrogen and oxygen atoms in total. The molecule has 1 amide bonds. The molecule has 272 valence electrons. The van der Waals surface area contributed by atoms with Gasteiger partial charge < -0.3 is 20.1 Å². The smallest absolute Gasteiger partial charge is 0.463 e. The van der Waals surface area contributed by atoms with Crippen molar-refractivity contribution < 1.29 is 37.9 Å². The van der Waals surface area contributed by atoms with Crippen LogP contribution in [-0.2, 0) is 27.9 Å². The maximum absolute atomic E-state index is 12.0. The van der Waals surface area contributed by atoms with E-state index in [2.05, 4.69) is 67.8 Å². The number of phosphoric ester groups is 1. The lowest BCUT2D eigenvalue weighted by Crippen LogP contribution is -2.27. The van der Waals surface area contributed by atoms with Gasteiger partial charge in [0.1, 0.15) is 12.7 Å². The minimum atomic E-state index is -4.42. The fraction of sp³-hybridized carbons (Fsp3) is 0.730. The molecular weight excluding hydrogens is 617 g/mol. The van der Waals surface area contributed by atoms with Crippen molar-refractivity contribution >= 4 is 19.7 Å². The van der Waals surface area contributed by atoms with Crippen LogP contribution in [0.3, 0.4) is 0 Å². The van der Waals surface area contributed by atoms with E-state index in [1.807, 2.05) is 0 Å². The van der Waals surface area contributed by atoms with E-state index in [9.17, 15) is 24.2 Å². The minimum Gasteiger partial charge on any atom is -0.463 e. The van der Waals surface area contributed by atoms with Crippen LogP contribution in [-0.4, -0.2) is 54.3 Å². The Bertz CT molecular complexity index is 918. The maximum atomic E-state index is 12.0. The highest BCUT2D eigenvalue weighted by atomic mass is 31.2. The lowest BCUT2D eigenvalue weighted by atomic mass is 10.1. The van der Waals surface area contributed by atoms with Crippen molar-refractivity contribution in [1.29, 1.82) is 0 Å². The molecule has 0 aromatic rings. The summed E-state index contributed by atoms with van der Waals surface area (Å²) < 4.78 is 26.7. The number of esters is 1. The summed E-state index contributed by atoms with van der Waals surface area (Å²) in [5.41, 5.74) is 0. The highest BCUT2D eigenvalue weighted by molar-refractivity contribution is 7.47. The van der Waals surface area contributed by atoms with Crippen molar-refractivity contribution in [2.75, 3.05) is 26.4 Å². The molecule has 47 heavy (non-hydrogen) atoms. The van der Waals surface area contributed by atoms with Crippen molar-refractivity contribution in [3.8, 4) is 0 Å². The molecule has 10 heteroatoms. The predicted molar refractivity (Wildman–Crippen MR) is 192 cm³/mol. The van der Waals surface area contributed by atoms with Gasteiger partial charge in [0, 0.05) is 19.4 Å². The first kappa shape index (κ1) is 45.0. The zero-order chi connectivity index (χ0) is 34.7. The number of carbonyl (C=O) groups is 2. The summed E-state index contributed by atoms with van der Waals surface area (Å²) in [6.07, 6.45) is 36.1. The molecule has 0 aromatic heterocycles. The SMILES string of the molecule is CC/C=C\C/C=C\C/C=C\CCCCCC(=O)OCC(O)COP(=O)(O)OCCNC(=O)CCCCCCC/C=C\CCCCCC. The Hall–Kier alpha value is -2.03. The molecule has 0 aromatic carbocycles. The number of allylic oxidation sites excluding steroid dienone is 8. The molecule has 0 rings (SSSR count). The maximum Gasteiger partial charge on any atom is 0.472 e. The van der Waals surface area contributed by atoms with Crippen LogP contribution in [0.15, 0.2) is 48.6 Å². The molecule has 3 N–H and O–H groups in total. The third-order valence-electron chi connectivity index (χ3n) is 7.24. The Labute approximate surface area is 285 Å². The molecule has 0 fully saturated rings. The summed E-state index contributed by atoms with van der Waals surface area (Å²) in [5.74, 6) is -0.561. The van der Waals surface area contributed by atoms with Gasteiger partial charge in [0.05, 0.1) is 13.2 Å². The number of nitrogens with one attached hydrogen (secondary N) is 1. The van der Waals surface area contributed by atoms with Gasteiger partial charge >= 0.3 is 13.8 Å². The number of amides is 1. The fourth-order valence-corrected chi connectivity index (χ4v) is 5.26. The molecule has 0 aliphatic heterocycles. The number of aliphatic hydroxyl groups excluding tert-OH is 1. The van der Waals surface area contributed by atoms with E-state index in [-0.39, 0.29) is 32.1 Å². The average molecular weight is 684 g/mol. The summed E-state index contributed by atoms with van der Waals surface area (Å²) in [5, 5.41) is 12.6. The first-order valence-corrected chi connectivity index (χ1v) is 19.6. The minimum absolute atomic E-state index is 0.0719. The highest BCUT2D eigenvalue weighted by Gasteiger charge is 2.23. The predicted octanol–water partition coefficient (Wildman–Crippen LogP) is 9.21. The van der Waals surface area contributed by atoms with Crippen LogP contribution in [0.1, 0.15) is 142 Å². The highest BCUT2D eigenvalue weighted by Crippen LogP contribution is 2.42. The molecule has 2 unspecified atom stereocenters. The molecule has 2 atom stereocenters. The number of hydrogen-bond acceptors (Lipinski definition) is 7. The van der Waals surface area contributed by atoms with Crippen molar-refractivity contribution in [3.63, 3.8) is 0 Å². The monoisotopic (exact) mass is 683 g/mol. The Morgan fingerprint density at radius 2 is 1.21 bits per heavy atom. The number of rotatable bonds is 33. The Morgan fingerprint density at radius 3 is 1.87 bits per heavy atom. The van der Waals surface area contributed by atoms with E-state index in [1.165, 1.54) is 38.5 Å². The van der Waals surface area contributed by atoms with E-state index in [4.69, 9.17) is 13.8 Å². The summed E-state index contributed by atoms with van der Waals surface area (Å²) >= 11 is 0. The van der Waals surface area contributed by atoms with Crippen molar-refractivity contribution in [3.05, 3.63) is 48.6 Å².